The van der Waals surface area contributed by atoms with Crippen molar-refractivity contribution in [1.82, 2.24) is 8.61 Å². The Morgan fingerprint density at radius 2 is 1.62 bits per heavy atom. The fraction of sp³-hybridized carbons (Fsp3) is 1.00. The van der Waals surface area contributed by atoms with Crippen LogP contribution in [0.15, 0.2) is 0 Å². The van der Waals surface area contributed by atoms with Crippen molar-refractivity contribution in [3.05, 3.63) is 0 Å². The maximum absolute atomic E-state index is 11.9. The zero-order chi connectivity index (χ0) is 12.3. The molecule has 1 aliphatic carbocycles. The zero-order valence-electron chi connectivity index (χ0n) is 10.4. The molecule has 0 atom stereocenters. The van der Waals surface area contributed by atoms with Gasteiger partial charge in [0.05, 0.1) is 0 Å². The van der Waals surface area contributed by atoms with E-state index in [1.165, 1.54) is 8.61 Å². The highest BCUT2D eigenvalue weighted by Crippen LogP contribution is 2.27. The van der Waals surface area contributed by atoms with Gasteiger partial charge in [0.2, 0.25) is 0 Å². The van der Waals surface area contributed by atoms with Gasteiger partial charge in [-0.1, -0.05) is 0 Å². The lowest BCUT2D eigenvalue weighted by Gasteiger charge is -2.34. The van der Waals surface area contributed by atoms with Crippen LogP contribution in [0.2, 0.25) is 0 Å². The van der Waals surface area contributed by atoms with Gasteiger partial charge in [0.1, 0.15) is 0 Å². The Bertz CT molecular complexity index is 308. The first kappa shape index (κ1) is 13.9. The number of nitrogens with zero attached hydrogens (tertiary/aromatic N) is 2. The van der Waals surface area contributed by atoms with Gasteiger partial charge in [0.15, 0.2) is 0 Å². The van der Waals surface area contributed by atoms with Crippen molar-refractivity contribution in [2.24, 2.45) is 11.7 Å². The molecule has 1 saturated carbocycles. The highest BCUT2D eigenvalue weighted by molar-refractivity contribution is 7.86. The maximum Gasteiger partial charge on any atom is 0.281 e. The lowest BCUT2D eigenvalue weighted by molar-refractivity contribution is 0.232. The average Bonchev–Trinajstić information content (AvgIpc) is 2.28. The van der Waals surface area contributed by atoms with E-state index in [-0.39, 0.29) is 6.04 Å². The molecule has 0 heterocycles. The second kappa shape index (κ2) is 5.44. The zero-order valence-corrected chi connectivity index (χ0v) is 11.2. The monoisotopic (exact) mass is 249 g/mol. The third kappa shape index (κ3) is 2.94. The molecule has 16 heavy (non-hydrogen) atoms. The number of rotatable bonds is 4. The summed E-state index contributed by atoms with van der Waals surface area (Å²) in [6, 6.07) is 0.134. The minimum Gasteiger partial charge on any atom is -0.330 e. The molecule has 0 spiro atoms. The summed E-state index contributed by atoms with van der Waals surface area (Å²) in [5.41, 5.74) is 5.62. The van der Waals surface area contributed by atoms with Crippen LogP contribution in [0.5, 0.6) is 0 Å². The normalized spacial score (nSPS) is 27.6. The fourth-order valence-corrected chi connectivity index (χ4v) is 3.29. The molecule has 1 rings (SSSR count). The molecule has 2 N–H and O–H groups in total. The molecular formula is C10H23N3O2S. The molecule has 5 nitrogen and oxygen atoms in total. The molecule has 0 radical (unpaired) electrons. The molecule has 0 aromatic carbocycles. The van der Waals surface area contributed by atoms with E-state index < -0.39 is 10.2 Å². The Hall–Kier alpha value is -0.170. The topological polar surface area (TPSA) is 66.6 Å². The van der Waals surface area contributed by atoms with Crippen molar-refractivity contribution in [2.45, 2.75) is 31.7 Å². The van der Waals surface area contributed by atoms with Crippen LogP contribution in [0.4, 0.5) is 0 Å². The first-order valence-electron chi connectivity index (χ1n) is 5.75. The van der Waals surface area contributed by atoms with Gasteiger partial charge in [-0.15, -0.1) is 0 Å². The van der Waals surface area contributed by atoms with E-state index in [0.717, 1.165) is 32.2 Å². The predicted octanol–water partition coefficient (Wildman–Crippen LogP) is 0.242. The van der Waals surface area contributed by atoms with Crippen molar-refractivity contribution in [2.75, 3.05) is 27.7 Å². The van der Waals surface area contributed by atoms with Crippen molar-refractivity contribution < 1.29 is 8.42 Å². The van der Waals surface area contributed by atoms with Crippen molar-refractivity contribution in [1.29, 1.82) is 0 Å². The highest BCUT2D eigenvalue weighted by Gasteiger charge is 2.31. The van der Waals surface area contributed by atoms with Gasteiger partial charge in [-0.2, -0.15) is 17.0 Å². The molecular weight excluding hydrogens is 226 g/mol. The number of hydrogen-bond acceptors (Lipinski definition) is 3. The van der Waals surface area contributed by atoms with E-state index in [0.29, 0.717) is 5.92 Å². The summed E-state index contributed by atoms with van der Waals surface area (Å²) in [6.07, 6.45) is 3.92. The van der Waals surface area contributed by atoms with E-state index in [4.69, 9.17) is 5.73 Å². The van der Waals surface area contributed by atoms with Crippen LogP contribution in [0.25, 0.3) is 0 Å². The van der Waals surface area contributed by atoms with Crippen LogP contribution in [-0.2, 0) is 10.2 Å². The molecule has 0 aliphatic heterocycles. The summed E-state index contributed by atoms with van der Waals surface area (Å²) in [7, 11) is 1.54. The van der Waals surface area contributed by atoms with E-state index in [1.807, 2.05) is 0 Å². The van der Waals surface area contributed by atoms with Crippen LogP contribution in [0.3, 0.4) is 0 Å². The molecule has 6 heteroatoms. The SMILES string of the molecule is CN(C)S(=O)(=O)N(C)C1CCC(CN)CC1. The summed E-state index contributed by atoms with van der Waals surface area (Å²) in [5, 5.41) is 0. The van der Waals surface area contributed by atoms with Gasteiger partial charge in [-0.3, -0.25) is 0 Å². The molecule has 0 aromatic heterocycles. The Morgan fingerprint density at radius 3 is 2.00 bits per heavy atom. The predicted molar refractivity (Wildman–Crippen MR) is 65.2 cm³/mol. The average molecular weight is 249 g/mol. The molecule has 0 unspecified atom stereocenters. The summed E-state index contributed by atoms with van der Waals surface area (Å²) >= 11 is 0. The Kier molecular flexibility index (Phi) is 4.73. The van der Waals surface area contributed by atoms with Crippen LogP contribution in [0.1, 0.15) is 25.7 Å². The molecule has 0 amide bonds. The second-order valence-corrected chi connectivity index (χ2v) is 6.92. The quantitative estimate of drug-likeness (QED) is 0.776. The largest absolute Gasteiger partial charge is 0.330 e. The van der Waals surface area contributed by atoms with Crippen LogP contribution >= 0.6 is 0 Å². The van der Waals surface area contributed by atoms with E-state index in [1.54, 1.807) is 21.1 Å². The lowest BCUT2D eigenvalue weighted by atomic mass is 9.86. The minimum atomic E-state index is -3.27. The first-order valence-corrected chi connectivity index (χ1v) is 7.14. The van der Waals surface area contributed by atoms with E-state index in [9.17, 15) is 8.42 Å². The lowest BCUT2D eigenvalue weighted by Crippen LogP contribution is -2.45. The van der Waals surface area contributed by atoms with Gasteiger partial charge >= 0.3 is 0 Å². The van der Waals surface area contributed by atoms with E-state index >= 15 is 0 Å². The third-order valence-electron chi connectivity index (χ3n) is 3.49. The molecule has 1 fully saturated rings. The Morgan fingerprint density at radius 1 is 1.12 bits per heavy atom. The Labute approximate surface area is 98.8 Å². The standard InChI is InChI=1S/C10H23N3O2S/c1-12(2)16(14,15)13(3)10-6-4-9(8-11)5-7-10/h9-10H,4-8,11H2,1-3H3. The summed E-state index contributed by atoms with van der Waals surface area (Å²) in [4.78, 5) is 0. The van der Waals surface area contributed by atoms with Crippen LogP contribution in [-0.4, -0.2) is 50.8 Å². The highest BCUT2D eigenvalue weighted by atomic mass is 32.2. The van der Waals surface area contributed by atoms with E-state index in [2.05, 4.69) is 0 Å². The van der Waals surface area contributed by atoms with Gasteiger partial charge in [0, 0.05) is 27.2 Å². The van der Waals surface area contributed by atoms with Crippen molar-refractivity contribution in [3.63, 3.8) is 0 Å². The first-order chi connectivity index (χ1) is 7.39. The van der Waals surface area contributed by atoms with Gasteiger partial charge in [-0.25, -0.2) is 0 Å². The van der Waals surface area contributed by atoms with Crippen LogP contribution in [0, 0.1) is 5.92 Å². The molecule has 0 bridgehead atoms. The van der Waals surface area contributed by atoms with Crippen molar-refractivity contribution in [3.8, 4) is 0 Å². The summed E-state index contributed by atoms with van der Waals surface area (Å²) < 4.78 is 26.6. The minimum absolute atomic E-state index is 0.134. The molecule has 1 aliphatic rings. The molecule has 0 saturated heterocycles. The second-order valence-electron chi connectivity index (χ2n) is 4.72. The third-order valence-corrected chi connectivity index (χ3v) is 5.44. The van der Waals surface area contributed by atoms with Gasteiger partial charge in [0.25, 0.3) is 10.2 Å². The van der Waals surface area contributed by atoms with Gasteiger partial charge < -0.3 is 5.73 Å². The smallest absolute Gasteiger partial charge is 0.281 e. The maximum atomic E-state index is 11.9. The Balaban J connectivity index is 2.60. The van der Waals surface area contributed by atoms with Crippen molar-refractivity contribution >= 4 is 10.2 Å². The molecule has 0 aromatic rings. The fourth-order valence-electron chi connectivity index (χ4n) is 2.19. The molecule has 96 valence electrons. The van der Waals surface area contributed by atoms with Crippen LogP contribution < -0.4 is 5.73 Å². The summed E-state index contributed by atoms with van der Waals surface area (Å²) in [6.45, 7) is 0.719. The van der Waals surface area contributed by atoms with Gasteiger partial charge in [-0.05, 0) is 38.1 Å². The number of hydrogen-bond donors (Lipinski definition) is 1. The summed E-state index contributed by atoms with van der Waals surface area (Å²) in [5.74, 6) is 0.576. The number of nitrogens with two attached hydrogens (primary N) is 1.